The van der Waals surface area contributed by atoms with Gasteiger partial charge >= 0.3 is 0 Å². The number of benzene rings is 1. The van der Waals surface area contributed by atoms with Crippen LogP contribution in [0.1, 0.15) is 20.3 Å². The Morgan fingerprint density at radius 3 is 2.70 bits per heavy atom. The van der Waals surface area contributed by atoms with Crippen LogP contribution in [-0.4, -0.2) is 65.6 Å². The summed E-state index contributed by atoms with van der Waals surface area (Å²) in [5.74, 6) is 0.523. The molecular weight excluding hydrogens is 468 g/mol. The lowest BCUT2D eigenvalue weighted by Crippen LogP contribution is -2.51. The molecule has 3 N–H and O–H groups in total. The Labute approximate surface area is 189 Å². The Balaban J connectivity index is 1.63. The van der Waals surface area contributed by atoms with Crippen LogP contribution in [0.5, 0.6) is 0 Å². The quantitative estimate of drug-likeness (QED) is 0.594. The van der Waals surface area contributed by atoms with Gasteiger partial charge in [-0.05, 0) is 37.6 Å². The van der Waals surface area contributed by atoms with Gasteiger partial charge in [0.15, 0.2) is 5.17 Å². The minimum Gasteiger partial charge on any atom is -0.378 e. The van der Waals surface area contributed by atoms with Gasteiger partial charge in [-0.25, -0.2) is 10.4 Å². The Bertz CT molecular complexity index is 829. The van der Waals surface area contributed by atoms with Crippen molar-refractivity contribution in [3.63, 3.8) is 0 Å². The van der Waals surface area contributed by atoms with Gasteiger partial charge < -0.3 is 9.64 Å². The van der Waals surface area contributed by atoms with Crippen molar-refractivity contribution in [2.24, 2.45) is 10.9 Å². The van der Waals surface area contributed by atoms with Crippen molar-refractivity contribution in [1.82, 2.24) is 15.8 Å². The maximum Gasteiger partial charge on any atom is 0.236 e. The summed E-state index contributed by atoms with van der Waals surface area (Å²) in [5, 5.41) is 9.39. The number of fused-ring (bicyclic) bond motifs is 1. The number of hydrogen-bond donors (Lipinski definition) is 3. The molecule has 1 aromatic rings. The molecular formula is C20H27BrN6O2S. The van der Waals surface area contributed by atoms with Crippen molar-refractivity contribution in [2.45, 2.75) is 37.7 Å². The van der Waals surface area contributed by atoms with Crippen molar-refractivity contribution in [3.8, 4) is 0 Å². The number of anilines is 1. The van der Waals surface area contributed by atoms with Crippen LogP contribution in [0, 0.1) is 11.3 Å². The third kappa shape index (κ3) is 4.29. The molecule has 0 aliphatic carbocycles. The molecule has 1 aromatic carbocycles. The molecule has 4 unspecified atom stereocenters. The first-order valence-electron chi connectivity index (χ1n) is 10.3. The van der Waals surface area contributed by atoms with Crippen LogP contribution in [0.15, 0.2) is 33.7 Å². The van der Waals surface area contributed by atoms with E-state index in [9.17, 15) is 4.79 Å². The summed E-state index contributed by atoms with van der Waals surface area (Å²) < 4.78 is 6.37. The highest BCUT2D eigenvalue weighted by molar-refractivity contribution is 9.10. The summed E-state index contributed by atoms with van der Waals surface area (Å²) in [6.45, 7) is 6.50. The maximum absolute atomic E-state index is 13.1. The highest BCUT2D eigenvalue weighted by Gasteiger charge is 2.44. The highest BCUT2D eigenvalue weighted by Crippen LogP contribution is 2.34. The topological polar surface area (TPSA) is 93.1 Å². The lowest BCUT2D eigenvalue weighted by atomic mass is 9.97. The Kier molecular flexibility index (Phi) is 6.78. The van der Waals surface area contributed by atoms with Gasteiger partial charge in [-0.3, -0.25) is 20.5 Å². The fraction of sp³-hybridized carbons (Fsp3) is 0.550. The highest BCUT2D eigenvalue weighted by atomic mass is 79.9. The number of carbonyl (C=O) groups is 1. The summed E-state index contributed by atoms with van der Waals surface area (Å²) in [5.41, 5.74) is 7.28. The molecule has 1 amide bonds. The molecule has 162 valence electrons. The molecule has 0 saturated carbocycles. The van der Waals surface area contributed by atoms with E-state index in [1.165, 1.54) is 11.8 Å². The van der Waals surface area contributed by atoms with Crippen LogP contribution in [0.25, 0.3) is 0 Å². The number of rotatable bonds is 4. The second kappa shape index (κ2) is 9.35. The minimum absolute atomic E-state index is 0.0759. The number of amidine groups is 2. The summed E-state index contributed by atoms with van der Waals surface area (Å²) in [6, 6.07) is 7.96. The van der Waals surface area contributed by atoms with Crippen molar-refractivity contribution in [2.75, 3.05) is 31.2 Å². The van der Waals surface area contributed by atoms with Gasteiger partial charge in [0, 0.05) is 29.3 Å². The average molecular weight is 495 g/mol. The number of nitrogens with zero attached hydrogens (tertiary/aromatic N) is 3. The molecule has 3 aliphatic heterocycles. The van der Waals surface area contributed by atoms with Crippen molar-refractivity contribution in [3.05, 3.63) is 28.7 Å². The van der Waals surface area contributed by atoms with Crippen LogP contribution < -0.4 is 15.8 Å². The second-order valence-electron chi connectivity index (χ2n) is 7.61. The van der Waals surface area contributed by atoms with Crippen LogP contribution >= 0.6 is 27.7 Å². The lowest BCUT2D eigenvalue weighted by molar-refractivity contribution is -0.134. The SMILES string of the molecule is CCC(SC1=NC2NNC(C)C2C(=N)N1c1ccc(Br)cc1)C(=O)N1CCOCC1. The van der Waals surface area contributed by atoms with Gasteiger partial charge in [-0.2, -0.15) is 0 Å². The molecule has 2 fully saturated rings. The van der Waals surface area contributed by atoms with E-state index in [4.69, 9.17) is 15.1 Å². The Morgan fingerprint density at radius 1 is 1.33 bits per heavy atom. The second-order valence-corrected chi connectivity index (χ2v) is 9.69. The molecule has 3 heterocycles. The standard InChI is InChI=1S/C20H27BrN6O2S/c1-3-15(19(28)26-8-10-29-11-9-26)30-20-23-18-16(12(2)24-25-18)17(22)27(20)14-6-4-13(21)5-7-14/h4-7,12,15-16,18,22,24-25H,3,8-11H2,1-2H3. The molecule has 30 heavy (non-hydrogen) atoms. The molecule has 0 bridgehead atoms. The third-order valence-electron chi connectivity index (χ3n) is 5.64. The molecule has 4 rings (SSSR count). The number of nitrogens with one attached hydrogen (secondary N) is 3. The van der Waals surface area contributed by atoms with Gasteiger partial charge in [0.05, 0.1) is 24.4 Å². The minimum atomic E-state index is -0.254. The van der Waals surface area contributed by atoms with Gasteiger partial charge in [0.25, 0.3) is 0 Å². The van der Waals surface area contributed by atoms with E-state index >= 15 is 0 Å². The summed E-state index contributed by atoms with van der Waals surface area (Å²) in [6.07, 6.45) is 0.482. The molecule has 0 radical (unpaired) electrons. The third-order valence-corrected chi connectivity index (χ3v) is 7.48. The smallest absolute Gasteiger partial charge is 0.236 e. The number of amides is 1. The zero-order valence-electron chi connectivity index (χ0n) is 17.1. The van der Waals surface area contributed by atoms with Gasteiger partial charge in [-0.1, -0.05) is 34.6 Å². The van der Waals surface area contributed by atoms with Crippen LogP contribution in [-0.2, 0) is 9.53 Å². The monoisotopic (exact) mass is 494 g/mol. The number of thioether (sulfide) groups is 1. The number of aliphatic imine (C=N–C) groups is 1. The number of hydrogen-bond acceptors (Lipinski definition) is 7. The Morgan fingerprint density at radius 2 is 2.03 bits per heavy atom. The van der Waals surface area contributed by atoms with E-state index in [2.05, 4.69) is 33.7 Å². The van der Waals surface area contributed by atoms with Crippen molar-refractivity contribution < 1.29 is 9.53 Å². The van der Waals surface area contributed by atoms with Crippen molar-refractivity contribution in [1.29, 1.82) is 5.41 Å². The van der Waals surface area contributed by atoms with E-state index in [1.807, 2.05) is 41.0 Å². The van der Waals surface area contributed by atoms with Crippen molar-refractivity contribution >= 4 is 50.3 Å². The maximum atomic E-state index is 13.1. The molecule has 0 spiro atoms. The number of halogens is 1. The molecule has 8 nitrogen and oxygen atoms in total. The zero-order chi connectivity index (χ0) is 21.3. The van der Waals surface area contributed by atoms with E-state index in [0.717, 1.165) is 10.2 Å². The molecule has 10 heteroatoms. The van der Waals surface area contributed by atoms with Crippen LogP contribution in [0.4, 0.5) is 5.69 Å². The van der Waals surface area contributed by atoms with Gasteiger partial charge in [0.2, 0.25) is 5.91 Å². The first-order valence-corrected chi connectivity index (χ1v) is 11.9. The van der Waals surface area contributed by atoms with Gasteiger partial charge in [0.1, 0.15) is 12.0 Å². The number of carbonyl (C=O) groups excluding carboxylic acids is 1. The van der Waals surface area contributed by atoms with Crippen LogP contribution in [0.3, 0.4) is 0 Å². The summed E-state index contributed by atoms with van der Waals surface area (Å²) in [7, 11) is 0. The average Bonchev–Trinajstić information content (AvgIpc) is 3.14. The number of morpholine rings is 1. The van der Waals surface area contributed by atoms with Crippen LogP contribution in [0.2, 0.25) is 0 Å². The van der Waals surface area contributed by atoms with E-state index < -0.39 is 0 Å². The molecule has 3 aliphatic rings. The molecule has 2 saturated heterocycles. The van der Waals surface area contributed by atoms with E-state index in [-0.39, 0.29) is 29.3 Å². The van der Waals surface area contributed by atoms with Gasteiger partial charge in [-0.15, -0.1) is 0 Å². The molecule has 4 atom stereocenters. The first kappa shape index (κ1) is 21.8. The summed E-state index contributed by atoms with van der Waals surface area (Å²) in [4.78, 5) is 21.8. The zero-order valence-corrected chi connectivity index (χ0v) is 19.5. The fourth-order valence-corrected chi connectivity index (χ4v) is 5.36. The summed E-state index contributed by atoms with van der Waals surface area (Å²) >= 11 is 4.93. The number of hydrazine groups is 1. The largest absolute Gasteiger partial charge is 0.378 e. The fourth-order valence-electron chi connectivity index (χ4n) is 3.94. The predicted octanol–water partition coefficient (Wildman–Crippen LogP) is 2.41. The van der Waals surface area contributed by atoms with E-state index in [1.54, 1.807) is 0 Å². The predicted molar refractivity (Wildman–Crippen MR) is 124 cm³/mol. The normalized spacial score (nSPS) is 27.6. The first-order chi connectivity index (χ1) is 14.5. The Hall–Kier alpha value is -1.46. The lowest BCUT2D eigenvalue weighted by Gasteiger charge is -2.37. The number of ether oxygens (including phenoxy) is 1. The van der Waals surface area contributed by atoms with E-state index in [0.29, 0.717) is 43.7 Å². The molecule has 0 aromatic heterocycles.